The number of benzene rings is 1. The number of hydrogen-bond donors (Lipinski definition) is 1. The first kappa shape index (κ1) is 17.8. The van der Waals surface area contributed by atoms with E-state index in [1.54, 1.807) is 6.08 Å². The first-order valence-corrected chi connectivity index (χ1v) is 8.98. The lowest BCUT2D eigenvalue weighted by atomic mass is 10.2. The van der Waals surface area contributed by atoms with Crippen molar-refractivity contribution in [2.45, 2.75) is 18.9 Å². The molecule has 2 heterocycles. The van der Waals surface area contributed by atoms with Crippen LogP contribution in [-0.4, -0.2) is 67.9 Å². The zero-order valence-electron chi connectivity index (χ0n) is 14.7. The zero-order valence-corrected chi connectivity index (χ0v) is 14.7. The van der Waals surface area contributed by atoms with Crippen LogP contribution in [0.5, 0.6) is 5.75 Å². The van der Waals surface area contributed by atoms with Crippen molar-refractivity contribution in [3.63, 3.8) is 0 Å². The van der Waals surface area contributed by atoms with Crippen LogP contribution in [0, 0.1) is 0 Å². The molecule has 2 saturated heterocycles. The Kier molecular flexibility index (Phi) is 6.30. The highest BCUT2D eigenvalue weighted by molar-refractivity contribution is 5.89. The Bertz CT molecular complexity index is 579. The van der Waals surface area contributed by atoms with Crippen molar-refractivity contribution in [3.05, 3.63) is 36.9 Å². The molecule has 6 nitrogen and oxygen atoms in total. The van der Waals surface area contributed by atoms with Crippen molar-refractivity contribution in [2.24, 2.45) is 0 Å². The summed E-state index contributed by atoms with van der Waals surface area (Å²) in [5.41, 5.74) is 0.744. The van der Waals surface area contributed by atoms with Gasteiger partial charge < -0.3 is 19.7 Å². The number of rotatable bonds is 6. The molecule has 1 aromatic carbocycles. The normalized spacial score (nSPS) is 21.1. The van der Waals surface area contributed by atoms with Gasteiger partial charge in [0, 0.05) is 51.1 Å². The Balaban J connectivity index is 1.45. The van der Waals surface area contributed by atoms with E-state index in [0.29, 0.717) is 12.7 Å². The second-order valence-corrected chi connectivity index (χ2v) is 6.48. The van der Waals surface area contributed by atoms with Crippen LogP contribution in [0.4, 0.5) is 10.5 Å². The van der Waals surface area contributed by atoms with Gasteiger partial charge in [0.1, 0.15) is 12.4 Å². The van der Waals surface area contributed by atoms with Gasteiger partial charge in [-0.25, -0.2) is 4.79 Å². The van der Waals surface area contributed by atoms with Crippen molar-refractivity contribution >= 4 is 11.7 Å². The number of carbonyl (C=O) groups excluding carboxylic acids is 1. The van der Waals surface area contributed by atoms with E-state index in [-0.39, 0.29) is 6.03 Å². The van der Waals surface area contributed by atoms with Gasteiger partial charge in [0.25, 0.3) is 0 Å². The molecular weight excluding hydrogens is 318 g/mol. The summed E-state index contributed by atoms with van der Waals surface area (Å²) in [6, 6.07) is 7.37. The standard InChI is InChI=1S/C19H27N3O3/c1-2-12-24-17-6-3-5-16(14-17)20-19(23)22-10-8-21(9-11-22)15-18-7-4-13-25-18/h2-3,5-6,14,18H,1,4,7-13,15H2,(H,20,23)/t18-/m0/s1. The fourth-order valence-corrected chi connectivity index (χ4v) is 3.23. The summed E-state index contributed by atoms with van der Waals surface area (Å²) in [5, 5.41) is 2.95. The third-order valence-electron chi connectivity index (χ3n) is 4.60. The predicted octanol–water partition coefficient (Wildman–Crippen LogP) is 2.58. The molecule has 3 rings (SSSR count). The summed E-state index contributed by atoms with van der Waals surface area (Å²) < 4.78 is 11.2. The number of anilines is 1. The number of amides is 2. The van der Waals surface area contributed by atoms with E-state index in [9.17, 15) is 4.79 Å². The Morgan fingerprint density at radius 2 is 2.20 bits per heavy atom. The third-order valence-corrected chi connectivity index (χ3v) is 4.60. The van der Waals surface area contributed by atoms with Crippen LogP contribution in [0.25, 0.3) is 0 Å². The van der Waals surface area contributed by atoms with Crippen molar-refractivity contribution in [3.8, 4) is 5.75 Å². The Hall–Kier alpha value is -2.05. The molecule has 1 aromatic rings. The molecule has 0 aromatic heterocycles. The summed E-state index contributed by atoms with van der Waals surface area (Å²) in [6.07, 6.45) is 4.40. The minimum Gasteiger partial charge on any atom is -0.489 e. The first-order valence-electron chi connectivity index (χ1n) is 8.98. The summed E-state index contributed by atoms with van der Waals surface area (Å²) in [5.74, 6) is 0.721. The van der Waals surface area contributed by atoms with E-state index >= 15 is 0 Å². The molecule has 0 radical (unpaired) electrons. The summed E-state index contributed by atoms with van der Waals surface area (Å²) in [7, 11) is 0. The maximum atomic E-state index is 12.5. The molecule has 0 unspecified atom stereocenters. The molecule has 25 heavy (non-hydrogen) atoms. The van der Waals surface area contributed by atoms with Gasteiger partial charge in [-0.3, -0.25) is 4.90 Å². The molecular formula is C19H27N3O3. The monoisotopic (exact) mass is 345 g/mol. The van der Waals surface area contributed by atoms with E-state index in [1.807, 2.05) is 29.2 Å². The molecule has 2 aliphatic rings. The van der Waals surface area contributed by atoms with Crippen LogP contribution in [0.1, 0.15) is 12.8 Å². The molecule has 2 aliphatic heterocycles. The first-order chi connectivity index (χ1) is 12.2. The quantitative estimate of drug-likeness (QED) is 0.805. The molecule has 136 valence electrons. The zero-order chi connectivity index (χ0) is 17.5. The fourth-order valence-electron chi connectivity index (χ4n) is 3.23. The number of nitrogens with zero attached hydrogens (tertiary/aromatic N) is 2. The minimum absolute atomic E-state index is 0.0577. The van der Waals surface area contributed by atoms with Gasteiger partial charge in [-0.15, -0.1) is 0 Å². The maximum absolute atomic E-state index is 12.5. The molecule has 0 spiro atoms. The molecule has 2 fully saturated rings. The average Bonchev–Trinajstić information content (AvgIpc) is 3.14. The summed E-state index contributed by atoms with van der Waals surface area (Å²) in [6.45, 7) is 9.24. The summed E-state index contributed by atoms with van der Waals surface area (Å²) >= 11 is 0. The second kappa shape index (κ2) is 8.87. The fraction of sp³-hybridized carbons (Fsp3) is 0.526. The number of hydrogen-bond acceptors (Lipinski definition) is 4. The van der Waals surface area contributed by atoms with Gasteiger partial charge in [0.05, 0.1) is 6.10 Å². The van der Waals surface area contributed by atoms with Gasteiger partial charge in [0.2, 0.25) is 0 Å². The summed E-state index contributed by atoms with van der Waals surface area (Å²) in [4.78, 5) is 16.7. The van der Waals surface area contributed by atoms with Crippen molar-refractivity contribution in [2.75, 3.05) is 51.3 Å². The minimum atomic E-state index is -0.0577. The highest BCUT2D eigenvalue weighted by Crippen LogP contribution is 2.18. The highest BCUT2D eigenvalue weighted by atomic mass is 16.5. The van der Waals surface area contributed by atoms with Crippen LogP contribution in [0.15, 0.2) is 36.9 Å². The van der Waals surface area contributed by atoms with Gasteiger partial charge in [-0.05, 0) is 25.0 Å². The van der Waals surface area contributed by atoms with E-state index < -0.39 is 0 Å². The van der Waals surface area contributed by atoms with Crippen LogP contribution < -0.4 is 10.1 Å². The third kappa shape index (κ3) is 5.21. The molecule has 2 amide bonds. The lowest BCUT2D eigenvalue weighted by molar-refractivity contribution is 0.0572. The Morgan fingerprint density at radius 3 is 2.92 bits per heavy atom. The van der Waals surface area contributed by atoms with Gasteiger partial charge >= 0.3 is 6.03 Å². The average molecular weight is 345 g/mol. The molecule has 0 bridgehead atoms. The Labute approximate surface area is 149 Å². The number of ether oxygens (including phenoxy) is 2. The molecule has 1 N–H and O–H groups in total. The van der Waals surface area contributed by atoms with Crippen LogP contribution >= 0.6 is 0 Å². The predicted molar refractivity (Wildman–Crippen MR) is 98.1 cm³/mol. The largest absolute Gasteiger partial charge is 0.489 e. The molecule has 6 heteroatoms. The van der Waals surface area contributed by atoms with Gasteiger partial charge in [-0.2, -0.15) is 0 Å². The van der Waals surface area contributed by atoms with Crippen molar-refractivity contribution < 1.29 is 14.3 Å². The number of piperazine rings is 1. The number of carbonyl (C=O) groups is 1. The lowest BCUT2D eigenvalue weighted by Crippen LogP contribution is -2.51. The molecule has 0 aliphatic carbocycles. The topological polar surface area (TPSA) is 54.0 Å². The Morgan fingerprint density at radius 1 is 1.36 bits per heavy atom. The van der Waals surface area contributed by atoms with Crippen LogP contribution in [0.3, 0.4) is 0 Å². The van der Waals surface area contributed by atoms with Gasteiger partial charge in [-0.1, -0.05) is 18.7 Å². The number of urea groups is 1. The van der Waals surface area contributed by atoms with Crippen LogP contribution in [-0.2, 0) is 4.74 Å². The highest BCUT2D eigenvalue weighted by Gasteiger charge is 2.24. The van der Waals surface area contributed by atoms with E-state index in [2.05, 4.69) is 16.8 Å². The van der Waals surface area contributed by atoms with E-state index in [1.165, 1.54) is 6.42 Å². The smallest absolute Gasteiger partial charge is 0.321 e. The number of nitrogens with one attached hydrogen (secondary N) is 1. The second-order valence-electron chi connectivity index (χ2n) is 6.48. The van der Waals surface area contributed by atoms with Gasteiger partial charge in [0.15, 0.2) is 0 Å². The SMILES string of the molecule is C=CCOc1cccc(NC(=O)N2CCN(C[C@@H]3CCCO3)CC2)c1. The maximum Gasteiger partial charge on any atom is 0.321 e. The van der Waals surface area contributed by atoms with Crippen molar-refractivity contribution in [1.82, 2.24) is 9.80 Å². The van der Waals surface area contributed by atoms with Crippen LogP contribution in [0.2, 0.25) is 0 Å². The molecule has 1 atom stereocenters. The van der Waals surface area contributed by atoms with E-state index in [4.69, 9.17) is 9.47 Å². The molecule has 0 saturated carbocycles. The van der Waals surface area contributed by atoms with E-state index in [0.717, 1.165) is 57.2 Å². The lowest BCUT2D eigenvalue weighted by Gasteiger charge is -2.35. The van der Waals surface area contributed by atoms with Crippen molar-refractivity contribution in [1.29, 1.82) is 0 Å².